The van der Waals surface area contributed by atoms with Crippen LogP contribution >= 0.6 is 0 Å². The zero-order valence-electron chi connectivity index (χ0n) is 14.2. The average Bonchev–Trinajstić information content (AvgIpc) is 2.87. The number of likely N-dealkylation sites (N-methyl/N-ethyl adjacent to an activating group) is 1. The first kappa shape index (κ1) is 17.2. The van der Waals surface area contributed by atoms with Crippen molar-refractivity contribution >= 4 is 8.07 Å². The molecule has 2 rings (SSSR count). The van der Waals surface area contributed by atoms with Crippen LogP contribution in [0.1, 0.15) is 23.6 Å². The summed E-state index contributed by atoms with van der Waals surface area (Å²) in [5.41, 5.74) is 5.79. The molecule has 1 fully saturated rings. The summed E-state index contributed by atoms with van der Waals surface area (Å²) >= 11 is 0. The Balaban J connectivity index is 2.10. The Bertz CT molecular complexity index is 556. The van der Waals surface area contributed by atoms with E-state index in [1.807, 2.05) is 7.05 Å². The van der Waals surface area contributed by atoms with E-state index in [4.69, 9.17) is 0 Å². The van der Waals surface area contributed by atoms with Gasteiger partial charge in [0.05, 0.1) is 6.10 Å². The monoisotopic (exact) mass is 316 g/mol. The van der Waals surface area contributed by atoms with Crippen molar-refractivity contribution in [2.45, 2.75) is 38.2 Å². The molecular weight excluding hydrogens is 288 g/mol. The lowest BCUT2D eigenvalue weighted by Crippen LogP contribution is -2.33. The van der Waals surface area contributed by atoms with E-state index in [0.29, 0.717) is 0 Å². The molecule has 0 amide bonds. The SMILES string of the molecule is CNC(CN1CC[C@@H](O)C1)c1cccc(C#C[Si](C)(C)C)c1. The summed E-state index contributed by atoms with van der Waals surface area (Å²) in [6.07, 6.45) is 0.726. The third-order valence-corrected chi connectivity index (χ3v) is 4.78. The molecule has 3 nitrogen and oxygen atoms in total. The Morgan fingerprint density at radius 1 is 1.41 bits per heavy atom. The van der Waals surface area contributed by atoms with Gasteiger partial charge in [-0.05, 0) is 31.2 Å². The van der Waals surface area contributed by atoms with Gasteiger partial charge in [-0.25, -0.2) is 0 Å². The fourth-order valence-electron chi connectivity index (χ4n) is 2.69. The van der Waals surface area contributed by atoms with Gasteiger partial charge in [-0.1, -0.05) is 37.7 Å². The van der Waals surface area contributed by atoms with Crippen molar-refractivity contribution in [1.82, 2.24) is 10.2 Å². The summed E-state index contributed by atoms with van der Waals surface area (Å²) in [4.78, 5) is 2.33. The van der Waals surface area contributed by atoms with Crippen LogP contribution in [0.15, 0.2) is 24.3 Å². The molecule has 1 heterocycles. The molecule has 0 saturated carbocycles. The van der Waals surface area contributed by atoms with Crippen LogP contribution in [-0.2, 0) is 0 Å². The molecule has 0 radical (unpaired) electrons. The molecular formula is C18H28N2OSi. The van der Waals surface area contributed by atoms with Crippen molar-refractivity contribution < 1.29 is 5.11 Å². The Kier molecular flexibility index (Phi) is 5.82. The topological polar surface area (TPSA) is 35.5 Å². The molecule has 120 valence electrons. The number of nitrogens with one attached hydrogen (secondary N) is 1. The average molecular weight is 317 g/mol. The van der Waals surface area contributed by atoms with Crippen LogP contribution < -0.4 is 5.32 Å². The van der Waals surface area contributed by atoms with Gasteiger partial charge in [-0.3, -0.25) is 4.90 Å². The number of β-amino-alcohol motifs (C(OH)–C–C–N with tert-alkyl or cyclic N) is 1. The van der Waals surface area contributed by atoms with Crippen molar-refractivity contribution in [2.24, 2.45) is 0 Å². The van der Waals surface area contributed by atoms with E-state index >= 15 is 0 Å². The summed E-state index contributed by atoms with van der Waals surface area (Å²) in [5, 5.41) is 13.1. The zero-order valence-corrected chi connectivity index (χ0v) is 15.2. The van der Waals surface area contributed by atoms with E-state index in [2.05, 4.69) is 65.6 Å². The first-order valence-electron chi connectivity index (χ1n) is 8.08. The van der Waals surface area contributed by atoms with E-state index in [-0.39, 0.29) is 12.1 Å². The highest BCUT2D eigenvalue weighted by Crippen LogP contribution is 2.18. The molecule has 2 atom stereocenters. The van der Waals surface area contributed by atoms with E-state index in [0.717, 1.165) is 31.6 Å². The molecule has 2 N–H and O–H groups in total. The van der Waals surface area contributed by atoms with E-state index < -0.39 is 8.07 Å². The molecule has 1 saturated heterocycles. The Morgan fingerprint density at radius 3 is 2.77 bits per heavy atom. The molecule has 1 aromatic carbocycles. The van der Waals surface area contributed by atoms with Crippen molar-refractivity contribution in [1.29, 1.82) is 0 Å². The summed E-state index contributed by atoms with van der Waals surface area (Å²) in [6, 6.07) is 8.81. The zero-order chi connectivity index (χ0) is 16.2. The van der Waals surface area contributed by atoms with E-state index in [9.17, 15) is 5.11 Å². The molecule has 0 aromatic heterocycles. The molecule has 1 aliphatic heterocycles. The second-order valence-electron chi connectivity index (χ2n) is 7.17. The minimum Gasteiger partial charge on any atom is -0.392 e. The summed E-state index contributed by atoms with van der Waals surface area (Å²) < 4.78 is 0. The molecule has 1 aliphatic rings. The number of aliphatic hydroxyl groups is 1. The normalized spacial score (nSPS) is 20.5. The molecule has 1 unspecified atom stereocenters. The number of likely N-dealkylation sites (tertiary alicyclic amines) is 1. The van der Waals surface area contributed by atoms with Crippen LogP contribution in [0, 0.1) is 11.5 Å². The Hall–Kier alpha value is -1.12. The number of benzene rings is 1. The molecule has 4 heteroatoms. The van der Waals surface area contributed by atoms with Gasteiger partial charge in [0.25, 0.3) is 0 Å². The fourth-order valence-corrected chi connectivity index (χ4v) is 3.21. The molecule has 0 bridgehead atoms. The fraction of sp³-hybridized carbons (Fsp3) is 0.556. The van der Waals surface area contributed by atoms with Gasteiger partial charge < -0.3 is 10.4 Å². The predicted molar refractivity (Wildman–Crippen MR) is 95.5 cm³/mol. The Labute approximate surface area is 135 Å². The molecule has 0 spiro atoms. The van der Waals surface area contributed by atoms with Crippen molar-refractivity contribution in [3.05, 3.63) is 35.4 Å². The third kappa shape index (κ3) is 5.26. The smallest absolute Gasteiger partial charge is 0.129 e. The highest BCUT2D eigenvalue weighted by atomic mass is 28.3. The van der Waals surface area contributed by atoms with Gasteiger partial charge in [-0.2, -0.15) is 0 Å². The van der Waals surface area contributed by atoms with Gasteiger partial charge in [0.15, 0.2) is 0 Å². The summed E-state index contributed by atoms with van der Waals surface area (Å²) in [7, 11) is 0.655. The number of rotatable bonds is 4. The van der Waals surface area contributed by atoms with Crippen LogP contribution in [0.25, 0.3) is 0 Å². The number of nitrogens with zero attached hydrogens (tertiary/aromatic N) is 1. The third-order valence-electron chi connectivity index (χ3n) is 3.91. The predicted octanol–water partition coefficient (Wildman–Crippen LogP) is 2.24. The van der Waals surface area contributed by atoms with Gasteiger partial charge in [0.1, 0.15) is 8.07 Å². The Morgan fingerprint density at radius 2 is 2.18 bits per heavy atom. The van der Waals surface area contributed by atoms with Crippen LogP contribution in [0.2, 0.25) is 19.6 Å². The maximum atomic E-state index is 9.67. The lowest BCUT2D eigenvalue weighted by molar-refractivity contribution is 0.173. The van der Waals surface area contributed by atoms with E-state index in [1.54, 1.807) is 0 Å². The van der Waals surface area contributed by atoms with Crippen molar-refractivity contribution in [3.63, 3.8) is 0 Å². The highest BCUT2D eigenvalue weighted by molar-refractivity contribution is 6.83. The standard InChI is InChI=1S/C18H28N2OSi/c1-19-18(14-20-10-8-17(21)13-20)16-7-5-6-15(12-16)9-11-22(2,3)4/h5-7,12,17-19,21H,8,10,13-14H2,1-4H3/t17-,18?/m1/s1. The maximum absolute atomic E-state index is 9.67. The minimum absolute atomic E-state index is 0.161. The molecule has 1 aromatic rings. The molecule has 22 heavy (non-hydrogen) atoms. The van der Waals surface area contributed by atoms with E-state index in [1.165, 1.54) is 5.56 Å². The van der Waals surface area contributed by atoms with Crippen LogP contribution in [0.5, 0.6) is 0 Å². The van der Waals surface area contributed by atoms with Gasteiger partial charge >= 0.3 is 0 Å². The van der Waals surface area contributed by atoms with Gasteiger partial charge in [-0.15, -0.1) is 5.54 Å². The first-order chi connectivity index (χ1) is 10.4. The second kappa shape index (κ2) is 7.43. The van der Waals surface area contributed by atoms with Crippen molar-refractivity contribution in [3.8, 4) is 11.5 Å². The summed E-state index contributed by atoms with van der Waals surface area (Å²) in [5.74, 6) is 3.33. The highest BCUT2D eigenvalue weighted by Gasteiger charge is 2.23. The first-order valence-corrected chi connectivity index (χ1v) is 11.6. The lowest BCUT2D eigenvalue weighted by Gasteiger charge is -2.23. The quantitative estimate of drug-likeness (QED) is 0.660. The minimum atomic E-state index is -1.34. The number of hydrogen-bond donors (Lipinski definition) is 2. The maximum Gasteiger partial charge on any atom is 0.129 e. The van der Waals surface area contributed by atoms with Crippen LogP contribution in [0.3, 0.4) is 0 Å². The number of hydrogen-bond acceptors (Lipinski definition) is 3. The van der Waals surface area contributed by atoms with Crippen molar-refractivity contribution in [2.75, 3.05) is 26.7 Å². The summed E-state index contributed by atoms with van der Waals surface area (Å²) in [6.45, 7) is 9.48. The van der Waals surface area contributed by atoms with Gasteiger partial charge in [0.2, 0.25) is 0 Å². The van der Waals surface area contributed by atoms with Gasteiger partial charge in [0, 0.05) is 31.2 Å². The van der Waals surface area contributed by atoms with Crippen LogP contribution in [-0.4, -0.2) is 50.9 Å². The second-order valence-corrected chi connectivity index (χ2v) is 11.9. The largest absolute Gasteiger partial charge is 0.392 e. The van der Waals surface area contributed by atoms with Crippen LogP contribution in [0.4, 0.5) is 0 Å². The number of aliphatic hydroxyl groups excluding tert-OH is 1. The lowest BCUT2D eigenvalue weighted by atomic mass is 10.0. The molecule has 0 aliphatic carbocycles.